The van der Waals surface area contributed by atoms with E-state index in [-0.39, 0.29) is 16.2 Å². The Morgan fingerprint density at radius 2 is 0.714 bits per heavy atom. The van der Waals surface area contributed by atoms with Crippen molar-refractivity contribution in [2.24, 2.45) is 0 Å². The molecule has 0 amide bonds. The first kappa shape index (κ1) is 37.6. The first-order valence-electron chi connectivity index (χ1n) is 22.4. The van der Waals surface area contributed by atoms with Crippen molar-refractivity contribution in [3.8, 4) is 61.6 Å². The SMILES string of the molecule is CC1(C)c2ccccc2-c2ccc(N(c3ccc4c(c3)C(C)(C)c3ccccc3-4)c3ccc4c(c3)C(C)(C)c3c-4c(-c4ccccc4)n(-c4ccccc4)c3-c3ccccc3)cc21. The molecule has 2 heteroatoms. The Hall–Kier alpha value is -7.16. The van der Waals surface area contributed by atoms with Gasteiger partial charge < -0.3 is 9.47 Å². The van der Waals surface area contributed by atoms with Crippen molar-refractivity contribution in [2.45, 2.75) is 57.8 Å². The van der Waals surface area contributed by atoms with Crippen molar-refractivity contribution in [3.05, 3.63) is 228 Å². The average molecular weight is 811 g/mol. The molecule has 9 aromatic rings. The lowest BCUT2D eigenvalue weighted by Crippen LogP contribution is -2.19. The Bertz CT molecular complexity index is 3180. The van der Waals surface area contributed by atoms with Gasteiger partial charge in [0.25, 0.3) is 0 Å². The molecule has 1 aromatic heterocycles. The zero-order chi connectivity index (χ0) is 42.8. The summed E-state index contributed by atoms with van der Waals surface area (Å²) in [4.78, 5) is 2.53. The lowest BCUT2D eigenvalue weighted by Gasteiger charge is -2.31. The van der Waals surface area contributed by atoms with E-state index in [4.69, 9.17) is 0 Å². The van der Waals surface area contributed by atoms with E-state index in [1.165, 1.54) is 101 Å². The Morgan fingerprint density at radius 1 is 0.333 bits per heavy atom. The van der Waals surface area contributed by atoms with Crippen molar-refractivity contribution >= 4 is 17.1 Å². The normalized spacial score (nSPS) is 15.2. The summed E-state index contributed by atoms with van der Waals surface area (Å²) in [6, 6.07) is 72.5. The molecule has 12 rings (SSSR count). The molecule has 0 atom stereocenters. The molecule has 0 aliphatic heterocycles. The largest absolute Gasteiger partial charge is 0.310 e. The zero-order valence-corrected chi connectivity index (χ0v) is 36.9. The van der Waals surface area contributed by atoms with Crippen molar-refractivity contribution in [1.82, 2.24) is 4.57 Å². The molecule has 0 unspecified atom stereocenters. The molecule has 2 nitrogen and oxygen atoms in total. The number of benzene rings is 8. The Balaban J connectivity index is 1.10. The van der Waals surface area contributed by atoms with E-state index in [0.29, 0.717) is 0 Å². The maximum atomic E-state index is 2.53. The maximum Gasteiger partial charge on any atom is 0.0616 e. The smallest absolute Gasteiger partial charge is 0.0616 e. The molecule has 0 radical (unpaired) electrons. The first-order valence-corrected chi connectivity index (χ1v) is 22.4. The van der Waals surface area contributed by atoms with Crippen molar-refractivity contribution < 1.29 is 0 Å². The van der Waals surface area contributed by atoms with E-state index in [1.54, 1.807) is 0 Å². The van der Waals surface area contributed by atoms with Gasteiger partial charge in [0.1, 0.15) is 0 Å². The summed E-state index contributed by atoms with van der Waals surface area (Å²) in [5, 5.41) is 0. The number of rotatable bonds is 6. The number of para-hydroxylation sites is 1. The highest BCUT2D eigenvalue weighted by Gasteiger charge is 2.44. The van der Waals surface area contributed by atoms with Crippen molar-refractivity contribution in [3.63, 3.8) is 0 Å². The van der Waals surface area contributed by atoms with Gasteiger partial charge in [-0.1, -0.05) is 187 Å². The predicted molar refractivity (Wildman–Crippen MR) is 264 cm³/mol. The van der Waals surface area contributed by atoms with Crippen LogP contribution in [0.15, 0.2) is 194 Å². The van der Waals surface area contributed by atoms with Gasteiger partial charge in [0.15, 0.2) is 0 Å². The highest BCUT2D eigenvalue weighted by molar-refractivity contribution is 6.00. The first-order chi connectivity index (χ1) is 30.5. The molecule has 304 valence electrons. The molecular weight excluding hydrogens is 761 g/mol. The molecule has 63 heavy (non-hydrogen) atoms. The van der Waals surface area contributed by atoms with Gasteiger partial charge in [0.2, 0.25) is 0 Å². The topological polar surface area (TPSA) is 8.17 Å². The van der Waals surface area contributed by atoms with Crippen LogP contribution in [0.25, 0.3) is 61.6 Å². The van der Waals surface area contributed by atoms with Crippen LogP contribution in [0.3, 0.4) is 0 Å². The second kappa shape index (κ2) is 13.4. The molecule has 0 saturated carbocycles. The fourth-order valence-corrected chi connectivity index (χ4v) is 11.7. The second-order valence-corrected chi connectivity index (χ2v) is 19.3. The van der Waals surface area contributed by atoms with E-state index in [9.17, 15) is 0 Å². The summed E-state index contributed by atoms with van der Waals surface area (Å²) in [6.07, 6.45) is 0. The van der Waals surface area contributed by atoms with Crippen LogP contribution < -0.4 is 4.90 Å². The van der Waals surface area contributed by atoms with Gasteiger partial charge in [-0.05, 0) is 121 Å². The minimum Gasteiger partial charge on any atom is -0.310 e. The highest BCUT2D eigenvalue weighted by atomic mass is 15.1. The third-order valence-corrected chi connectivity index (χ3v) is 14.8. The van der Waals surface area contributed by atoms with Gasteiger partial charge >= 0.3 is 0 Å². The summed E-state index contributed by atoms with van der Waals surface area (Å²) in [5.41, 5.74) is 25.1. The summed E-state index contributed by atoms with van der Waals surface area (Å²) in [7, 11) is 0. The third kappa shape index (κ3) is 5.31. The number of anilines is 3. The summed E-state index contributed by atoms with van der Waals surface area (Å²) >= 11 is 0. The Kier molecular flexibility index (Phi) is 8.01. The van der Waals surface area contributed by atoms with E-state index < -0.39 is 0 Å². The molecular formula is C61H50N2. The van der Waals surface area contributed by atoms with Crippen LogP contribution >= 0.6 is 0 Å². The van der Waals surface area contributed by atoms with E-state index in [0.717, 1.165) is 11.4 Å². The number of fused-ring (bicyclic) bond motifs is 9. The molecule has 0 N–H and O–H groups in total. The van der Waals surface area contributed by atoms with Crippen LogP contribution in [0.5, 0.6) is 0 Å². The molecule has 0 fully saturated rings. The highest BCUT2D eigenvalue weighted by Crippen LogP contribution is 2.60. The van der Waals surface area contributed by atoms with Gasteiger partial charge in [-0.2, -0.15) is 0 Å². The van der Waals surface area contributed by atoms with Crippen LogP contribution in [0.1, 0.15) is 74.9 Å². The molecule has 0 spiro atoms. The quantitative estimate of drug-likeness (QED) is 0.162. The minimum absolute atomic E-state index is 0.127. The van der Waals surface area contributed by atoms with Crippen LogP contribution in [-0.4, -0.2) is 4.57 Å². The van der Waals surface area contributed by atoms with E-state index >= 15 is 0 Å². The predicted octanol–water partition coefficient (Wildman–Crippen LogP) is 16.2. The van der Waals surface area contributed by atoms with Gasteiger partial charge in [-0.3, -0.25) is 0 Å². The van der Waals surface area contributed by atoms with E-state index in [2.05, 4.69) is 245 Å². The third-order valence-electron chi connectivity index (χ3n) is 14.8. The molecule has 3 aliphatic carbocycles. The lowest BCUT2D eigenvalue weighted by atomic mass is 9.80. The number of hydrogen-bond acceptors (Lipinski definition) is 1. The number of hydrogen-bond donors (Lipinski definition) is 0. The average Bonchev–Trinajstić information content (AvgIpc) is 3.95. The molecule has 0 saturated heterocycles. The second-order valence-electron chi connectivity index (χ2n) is 19.3. The molecule has 1 heterocycles. The van der Waals surface area contributed by atoms with Gasteiger partial charge in [-0.15, -0.1) is 0 Å². The summed E-state index contributed by atoms with van der Waals surface area (Å²) < 4.78 is 2.52. The number of nitrogens with zero attached hydrogens (tertiary/aromatic N) is 2. The van der Waals surface area contributed by atoms with Crippen LogP contribution in [0, 0.1) is 0 Å². The van der Waals surface area contributed by atoms with Crippen molar-refractivity contribution in [2.75, 3.05) is 4.90 Å². The molecule has 0 bridgehead atoms. The molecule has 8 aromatic carbocycles. The van der Waals surface area contributed by atoms with Crippen LogP contribution in [0.4, 0.5) is 17.1 Å². The van der Waals surface area contributed by atoms with Crippen LogP contribution in [-0.2, 0) is 16.2 Å². The summed E-state index contributed by atoms with van der Waals surface area (Å²) in [5.74, 6) is 0. The molecule has 3 aliphatic rings. The van der Waals surface area contributed by atoms with Crippen LogP contribution in [0.2, 0.25) is 0 Å². The Labute approximate surface area is 371 Å². The standard InChI is InChI=1S/C61H50N2/c1-59(2)50-28-18-16-26-45(50)47-33-30-42(36-52(47)59)62(43-31-34-48-46-27-17-19-29-51(46)60(3,4)53(48)37-43)44-32-35-49-54(38-44)61(5,6)56-55(49)57(39-20-10-7-11-21-39)63(41-24-14-9-15-25-41)58(56)40-22-12-8-13-23-40/h7-38H,1-6H3. The lowest BCUT2D eigenvalue weighted by molar-refractivity contribution is 0.659. The van der Waals surface area contributed by atoms with Crippen molar-refractivity contribution in [1.29, 1.82) is 0 Å². The Morgan fingerprint density at radius 3 is 1.21 bits per heavy atom. The van der Waals surface area contributed by atoms with Gasteiger partial charge in [0, 0.05) is 44.6 Å². The maximum absolute atomic E-state index is 2.53. The monoisotopic (exact) mass is 810 g/mol. The van der Waals surface area contributed by atoms with Gasteiger partial charge in [-0.25, -0.2) is 0 Å². The zero-order valence-electron chi connectivity index (χ0n) is 36.9. The minimum atomic E-state index is -0.329. The fraction of sp³-hybridized carbons (Fsp3) is 0.148. The number of aromatic nitrogens is 1. The van der Waals surface area contributed by atoms with Gasteiger partial charge in [0.05, 0.1) is 11.4 Å². The summed E-state index contributed by atoms with van der Waals surface area (Å²) in [6.45, 7) is 14.4. The fourth-order valence-electron chi connectivity index (χ4n) is 11.7. The van der Waals surface area contributed by atoms with E-state index in [1.807, 2.05) is 0 Å².